The summed E-state index contributed by atoms with van der Waals surface area (Å²) in [4.78, 5) is 35.8. The van der Waals surface area contributed by atoms with Crippen molar-refractivity contribution in [1.82, 2.24) is 15.1 Å². The first-order valence-electron chi connectivity index (χ1n) is 11.0. The molecule has 1 aromatic heterocycles. The van der Waals surface area contributed by atoms with Crippen LogP contribution in [0.3, 0.4) is 0 Å². The number of alkyl carbamates (subject to hydrolysis) is 1. The van der Waals surface area contributed by atoms with Crippen molar-refractivity contribution in [1.29, 1.82) is 0 Å². The van der Waals surface area contributed by atoms with Gasteiger partial charge in [-0.15, -0.1) is 0 Å². The van der Waals surface area contributed by atoms with Crippen LogP contribution in [0.2, 0.25) is 0 Å². The van der Waals surface area contributed by atoms with Gasteiger partial charge in [-0.05, 0) is 28.2 Å². The van der Waals surface area contributed by atoms with Gasteiger partial charge < -0.3 is 20.5 Å². The van der Waals surface area contributed by atoms with Gasteiger partial charge in [0, 0.05) is 32.1 Å². The van der Waals surface area contributed by atoms with E-state index in [1.54, 1.807) is 14.0 Å². The van der Waals surface area contributed by atoms with Crippen LogP contribution in [0.5, 0.6) is 0 Å². The molecule has 0 bridgehead atoms. The first kappa shape index (κ1) is 23.0. The van der Waals surface area contributed by atoms with Gasteiger partial charge in [0.25, 0.3) is 0 Å². The Morgan fingerprint density at radius 1 is 1.09 bits per heavy atom. The minimum Gasteiger partial charge on any atom is -0.477 e. The molecule has 3 N–H and O–H groups in total. The van der Waals surface area contributed by atoms with Crippen molar-refractivity contribution in [3.05, 3.63) is 71.4 Å². The maximum Gasteiger partial charge on any atom is 0.407 e. The highest BCUT2D eigenvalue weighted by molar-refractivity contribution is 5.99. The number of nitrogens with zero attached hydrogens (tertiary/aromatic N) is 2. The summed E-state index contributed by atoms with van der Waals surface area (Å²) in [5.74, 6) is -1.78. The van der Waals surface area contributed by atoms with Crippen molar-refractivity contribution >= 4 is 23.8 Å². The van der Waals surface area contributed by atoms with Gasteiger partial charge in [0.2, 0.25) is 5.91 Å². The van der Waals surface area contributed by atoms with Gasteiger partial charge in [-0.1, -0.05) is 55.5 Å². The lowest BCUT2D eigenvalue weighted by atomic mass is 9.98. The molecule has 0 saturated heterocycles. The molecule has 4 rings (SSSR count). The predicted molar refractivity (Wildman–Crippen MR) is 126 cm³/mol. The largest absolute Gasteiger partial charge is 0.477 e. The number of hydrogen-bond donors (Lipinski definition) is 3. The van der Waals surface area contributed by atoms with E-state index in [0.717, 1.165) is 22.3 Å². The lowest BCUT2D eigenvalue weighted by molar-refractivity contribution is -0.117. The first-order chi connectivity index (χ1) is 16.3. The molecular formula is C25H26N4O5. The van der Waals surface area contributed by atoms with Crippen LogP contribution in [-0.2, 0) is 16.6 Å². The lowest BCUT2D eigenvalue weighted by Crippen LogP contribution is -2.31. The fourth-order valence-electron chi connectivity index (χ4n) is 4.22. The minimum atomic E-state index is -1.17. The van der Waals surface area contributed by atoms with Gasteiger partial charge in [-0.25, -0.2) is 9.59 Å². The van der Waals surface area contributed by atoms with Gasteiger partial charge in [-0.2, -0.15) is 5.10 Å². The normalized spacial score (nSPS) is 13.0. The summed E-state index contributed by atoms with van der Waals surface area (Å²) >= 11 is 0. The summed E-state index contributed by atoms with van der Waals surface area (Å²) in [7, 11) is 1.57. The maximum absolute atomic E-state index is 12.3. The number of aromatic carboxylic acids is 1. The number of rotatable bonds is 8. The Kier molecular flexibility index (Phi) is 6.62. The topological polar surface area (TPSA) is 123 Å². The molecule has 3 aromatic rings. The number of carbonyl (C=O) groups is 3. The summed E-state index contributed by atoms with van der Waals surface area (Å²) in [5.41, 5.74) is 4.50. The highest BCUT2D eigenvalue weighted by Gasteiger charge is 2.29. The van der Waals surface area contributed by atoms with Crippen LogP contribution in [0.25, 0.3) is 11.1 Å². The van der Waals surface area contributed by atoms with Gasteiger partial charge in [0.05, 0.1) is 0 Å². The third-order valence-corrected chi connectivity index (χ3v) is 5.79. The molecule has 1 unspecified atom stereocenters. The maximum atomic E-state index is 12.3. The number of aryl methyl sites for hydroxylation is 1. The standard InChI is InChI=1S/C25H26N4O5/c1-15(11-22(30)27-23-20(24(31)32)13-29(2)28-23)12-26-25(33)34-14-21-18-9-5-3-7-16(18)17-8-4-6-10-19(17)21/h3-10,13,15,21H,11-12,14H2,1-2H3,(H,26,33)(H,31,32)(H,27,28,30). The zero-order chi connectivity index (χ0) is 24.2. The Morgan fingerprint density at radius 2 is 1.71 bits per heavy atom. The number of nitrogens with one attached hydrogen (secondary N) is 2. The van der Waals surface area contributed by atoms with E-state index in [1.807, 2.05) is 24.3 Å². The summed E-state index contributed by atoms with van der Waals surface area (Å²) < 4.78 is 6.83. The van der Waals surface area contributed by atoms with E-state index in [4.69, 9.17) is 4.74 Å². The third-order valence-electron chi connectivity index (χ3n) is 5.79. The zero-order valence-electron chi connectivity index (χ0n) is 18.9. The molecular weight excluding hydrogens is 436 g/mol. The highest BCUT2D eigenvalue weighted by atomic mass is 16.5. The van der Waals surface area contributed by atoms with Gasteiger partial charge in [0.15, 0.2) is 5.82 Å². The monoisotopic (exact) mass is 462 g/mol. The van der Waals surface area contributed by atoms with Gasteiger partial charge >= 0.3 is 12.1 Å². The quantitative estimate of drug-likeness (QED) is 0.470. The van der Waals surface area contributed by atoms with Crippen molar-refractivity contribution in [2.45, 2.75) is 19.3 Å². The van der Waals surface area contributed by atoms with E-state index in [0.29, 0.717) is 0 Å². The van der Waals surface area contributed by atoms with Crippen LogP contribution in [0.4, 0.5) is 10.6 Å². The zero-order valence-corrected chi connectivity index (χ0v) is 18.9. The number of fused-ring (bicyclic) bond motifs is 3. The van der Waals surface area contributed by atoms with Crippen LogP contribution in [-0.4, -0.2) is 46.0 Å². The number of hydrogen-bond acceptors (Lipinski definition) is 5. The first-order valence-corrected chi connectivity index (χ1v) is 11.0. The van der Waals surface area contributed by atoms with Crippen LogP contribution in [0.1, 0.15) is 40.7 Å². The number of carboxylic acids is 1. The smallest absolute Gasteiger partial charge is 0.407 e. The van der Waals surface area contributed by atoms with E-state index in [9.17, 15) is 19.5 Å². The Hall–Kier alpha value is -4.14. The van der Waals surface area contributed by atoms with E-state index < -0.39 is 12.1 Å². The lowest BCUT2D eigenvalue weighted by Gasteiger charge is -2.16. The Labute approximate surface area is 196 Å². The molecule has 0 saturated carbocycles. The molecule has 0 radical (unpaired) electrons. The molecule has 0 aliphatic heterocycles. The molecule has 1 heterocycles. The second-order valence-electron chi connectivity index (χ2n) is 8.43. The van der Waals surface area contributed by atoms with Crippen LogP contribution >= 0.6 is 0 Å². The molecule has 0 fully saturated rings. The molecule has 9 heteroatoms. The second-order valence-corrected chi connectivity index (χ2v) is 8.43. The summed E-state index contributed by atoms with van der Waals surface area (Å²) in [6, 6.07) is 16.2. The van der Waals surface area contributed by atoms with Crippen molar-refractivity contribution < 1.29 is 24.2 Å². The fraction of sp³-hybridized carbons (Fsp3) is 0.280. The average molecular weight is 463 g/mol. The minimum absolute atomic E-state index is 0.00306. The van der Waals surface area contributed by atoms with Gasteiger partial charge in [0.1, 0.15) is 12.2 Å². The molecule has 34 heavy (non-hydrogen) atoms. The third kappa shape index (κ3) is 4.93. The Balaban J connectivity index is 1.26. The number of aromatic nitrogens is 2. The molecule has 1 aliphatic carbocycles. The molecule has 2 aromatic carbocycles. The van der Waals surface area contributed by atoms with E-state index >= 15 is 0 Å². The predicted octanol–water partition coefficient (Wildman–Crippen LogP) is 3.62. The number of carboxylic acid groups (broad SMARTS) is 1. The SMILES string of the molecule is CC(CNC(=O)OCC1c2ccccc2-c2ccccc21)CC(=O)Nc1nn(C)cc1C(=O)O. The van der Waals surface area contributed by atoms with Gasteiger partial charge in [-0.3, -0.25) is 9.48 Å². The molecule has 0 spiro atoms. The van der Waals surface area contributed by atoms with Crippen molar-refractivity contribution in [3.8, 4) is 11.1 Å². The van der Waals surface area contributed by atoms with Crippen molar-refractivity contribution in [2.75, 3.05) is 18.5 Å². The highest BCUT2D eigenvalue weighted by Crippen LogP contribution is 2.44. The van der Waals surface area contributed by atoms with Crippen LogP contribution < -0.4 is 10.6 Å². The number of benzene rings is 2. The number of amides is 2. The molecule has 1 aliphatic rings. The molecule has 9 nitrogen and oxygen atoms in total. The summed E-state index contributed by atoms with van der Waals surface area (Å²) in [5, 5.41) is 18.4. The Morgan fingerprint density at radius 3 is 2.32 bits per heavy atom. The van der Waals surface area contributed by atoms with E-state index in [-0.39, 0.29) is 48.7 Å². The van der Waals surface area contributed by atoms with Crippen LogP contribution in [0.15, 0.2) is 54.7 Å². The van der Waals surface area contributed by atoms with E-state index in [2.05, 4.69) is 40.0 Å². The second kappa shape index (κ2) is 9.78. The summed E-state index contributed by atoms with van der Waals surface area (Å²) in [6.07, 6.45) is 0.853. The van der Waals surface area contributed by atoms with Crippen molar-refractivity contribution in [3.63, 3.8) is 0 Å². The molecule has 176 valence electrons. The number of carbonyl (C=O) groups excluding carboxylic acids is 2. The summed E-state index contributed by atoms with van der Waals surface area (Å²) in [6.45, 7) is 2.25. The van der Waals surface area contributed by atoms with Crippen molar-refractivity contribution in [2.24, 2.45) is 13.0 Å². The molecule has 2 amide bonds. The average Bonchev–Trinajstić information content (AvgIpc) is 3.33. The van der Waals surface area contributed by atoms with E-state index in [1.165, 1.54) is 10.9 Å². The number of ether oxygens (including phenoxy) is 1. The Bertz CT molecular complexity index is 1190. The number of anilines is 1. The van der Waals surface area contributed by atoms with Crippen LogP contribution in [0, 0.1) is 5.92 Å². The molecule has 1 atom stereocenters. The fourth-order valence-corrected chi connectivity index (χ4v) is 4.22.